The lowest BCUT2D eigenvalue weighted by atomic mass is 10.0. The summed E-state index contributed by atoms with van der Waals surface area (Å²) >= 11 is 0. The van der Waals surface area contributed by atoms with Crippen molar-refractivity contribution < 1.29 is 5.11 Å². The molecule has 0 unspecified atom stereocenters. The van der Waals surface area contributed by atoms with Crippen LogP contribution in [0, 0.1) is 0 Å². The van der Waals surface area contributed by atoms with Gasteiger partial charge in [0, 0.05) is 36.4 Å². The summed E-state index contributed by atoms with van der Waals surface area (Å²) in [5.74, 6) is 0.433. The number of nitrogens with zero attached hydrogens (tertiary/aromatic N) is 1. The van der Waals surface area contributed by atoms with Crippen LogP contribution in [0.3, 0.4) is 0 Å². The molecule has 1 aliphatic carbocycles. The maximum atomic E-state index is 10.1. The predicted octanol–water partition coefficient (Wildman–Crippen LogP) is 2.87. The first-order chi connectivity index (χ1) is 7.36. The monoisotopic (exact) mass is 197 g/mol. The fourth-order valence-electron chi connectivity index (χ4n) is 2.16. The number of hydrogen-bond acceptors (Lipinski definition) is 2. The zero-order valence-corrected chi connectivity index (χ0v) is 8.27. The molecular weight excluding hydrogens is 186 g/mol. The molecule has 3 rings (SSSR count). The van der Waals surface area contributed by atoms with E-state index in [1.807, 2.05) is 30.6 Å². The van der Waals surface area contributed by atoms with E-state index in [2.05, 4.69) is 11.1 Å². The van der Waals surface area contributed by atoms with E-state index >= 15 is 0 Å². The molecule has 0 aromatic heterocycles. The Balaban J connectivity index is 2.05. The molecule has 1 aliphatic heterocycles. The van der Waals surface area contributed by atoms with Gasteiger partial charge in [-0.2, -0.15) is 0 Å². The van der Waals surface area contributed by atoms with Crippen molar-refractivity contribution >= 4 is 12.0 Å². The minimum absolute atomic E-state index is 0.433. The van der Waals surface area contributed by atoms with Crippen molar-refractivity contribution in [3.63, 3.8) is 0 Å². The third-order valence-corrected chi connectivity index (χ3v) is 2.96. The van der Waals surface area contributed by atoms with Crippen LogP contribution in [-0.2, 0) is 6.42 Å². The maximum Gasteiger partial charge on any atom is 0.126 e. The smallest absolute Gasteiger partial charge is 0.126 e. The van der Waals surface area contributed by atoms with E-state index in [1.165, 1.54) is 5.56 Å². The molecule has 1 heterocycles. The van der Waals surface area contributed by atoms with E-state index < -0.39 is 0 Å². The molecule has 0 bridgehead atoms. The Bertz CT molecular complexity index is 509. The summed E-state index contributed by atoms with van der Waals surface area (Å²) in [4.78, 5) is 4.07. The van der Waals surface area contributed by atoms with Crippen molar-refractivity contribution in [3.05, 3.63) is 52.7 Å². The Morgan fingerprint density at radius 2 is 2.07 bits per heavy atom. The van der Waals surface area contributed by atoms with Crippen molar-refractivity contribution in [2.75, 3.05) is 0 Å². The van der Waals surface area contributed by atoms with E-state index in [9.17, 15) is 5.11 Å². The fourth-order valence-corrected chi connectivity index (χ4v) is 2.16. The van der Waals surface area contributed by atoms with Gasteiger partial charge < -0.3 is 5.11 Å². The molecule has 2 nitrogen and oxygen atoms in total. The van der Waals surface area contributed by atoms with Gasteiger partial charge in [0.05, 0.1) is 0 Å². The Morgan fingerprint density at radius 3 is 2.80 bits per heavy atom. The second-order valence-corrected chi connectivity index (χ2v) is 3.85. The molecule has 0 radical (unpaired) electrons. The van der Waals surface area contributed by atoms with Crippen LogP contribution < -0.4 is 0 Å². The molecule has 0 saturated heterocycles. The minimum atomic E-state index is 0.433. The summed E-state index contributed by atoms with van der Waals surface area (Å²) in [6.07, 6.45) is 5.39. The van der Waals surface area contributed by atoms with E-state index in [4.69, 9.17) is 0 Å². The third-order valence-electron chi connectivity index (χ3n) is 2.96. The SMILES string of the molecule is OC1=C(C2=CN=CC2)Cc2ccccc21. The van der Waals surface area contributed by atoms with Gasteiger partial charge in [-0.15, -0.1) is 0 Å². The lowest BCUT2D eigenvalue weighted by Gasteiger charge is -2.01. The fraction of sp³-hybridized carbons (Fsp3) is 0.154. The molecule has 0 saturated carbocycles. The summed E-state index contributed by atoms with van der Waals surface area (Å²) in [6.45, 7) is 0. The Hall–Kier alpha value is -1.83. The van der Waals surface area contributed by atoms with Gasteiger partial charge in [0.1, 0.15) is 5.76 Å². The lowest BCUT2D eigenvalue weighted by Crippen LogP contribution is -1.89. The summed E-state index contributed by atoms with van der Waals surface area (Å²) < 4.78 is 0. The summed E-state index contributed by atoms with van der Waals surface area (Å²) in [5, 5.41) is 10.1. The zero-order valence-electron chi connectivity index (χ0n) is 8.27. The van der Waals surface area contributed by atoms with Crippen LogP contribution >= 0.6 is 0 Å². The van der Waals surface area contributed by atoms with Crippen LogP contribution in [0.25, 0.3) is 5.76 Å². The Morgan fingerprint density at radius 1 is 1.20 bits per heavy atom. The highest BCUT2D eigenvalue weighted by Crippen LogP contribution is 2.36. The summed E-state index contributed by atoms with van der Waals surface area (Å²) in [5.41, 5.74) is 4.36. The minimum Gasteiger partial charge on any atom is -0.507 e. The molecule has 0 amide bonds. The lowest BCUT2D eigenvalue weighted by molar-refractivity contribution is 0.510. The van der Waals surface area contributed by atoms with E-state index in [0.29, 0.717) is 5.76 Å². The second-order valence-electron chi connectivity index (χ2n) is 3.85. The Kier molecular flexibility index (Phi) is 1.75. The van der Waals surface area contributed by atoms with Crippen molar-refractivity contribution in [3.8, 4) is 0 Å². The largest absolute Gasteiger partial charge is 0.507 e. The molecule has 1 aromatic carbocycles. The average Bonchev–Trinajstić information content (AvgIpc) is 2.87. The zero-order chi connectivity index (χ0) is 10.3. The Labute approximate surface area is 88.3 Å². The molecule has 2 heteroatoms. The highest BCUT2D eigenvalue weighted by molar-refractivity contribution is 5.78. The van der Waals surface area contributed by atoms with Crippen molar-refractivity contribution in [1.29, 1.82) is 0 Å². The molecule has 1 aromatic rings. The number of benzene rings is 1. The first-order valence-corrected chi connectivity index (χ1v) is 5.07. The van der Waals surface area contributed by atoms with Crippen LogP contribution in [0.2, 0.25) is 0 Å². The van der Waals surface area contributed by atoms with Crippen LogP contribution in [0.15, 0.2) is 46.6 Å². The number of allylic oxidation sites excluding steroid dienone is 2. The number of fused-ring (bicyclic) bond motifs is 1. The van der Waals surface area contributed by atoms with Gasteiger partial charge in [0.15, 0.2) is 0 Å². The second kappa shape index (κ2) is 3.09. The van der Waals surface area contributed by atoms with Gasteiger partial charge in [0.25, 0.3) is 0 Å². The molecule has 0 fully saturated rings. The van der Waals surface area contributed by atoms with E-state index in [0.717, 1.165) is 29.6 Å². The summed E-state index contributed by atoms with van der Waals surface area (Å²) in [7, 11) is 0. The van der Waals surface area contributed by atoms with Gasteiger partial charge >= 0.3 is 0 Å². The summed E-state index contributed by atoms with van der Waals surface area (Å²) in [6, 6.07) is 8.00. The highest BCUT2D eigenvalue weighted by Gasteiger charge is 2.23. The highest BCUT2D eigenvalue weighted by atomic mass is 16.3. The average molecular weight is 197 g/mol. The van der Waals surface area contributed by atoms with Gasteiger partial charge in [-0.1, -0.05) is 24.3 Å². The molecule has 1 N–H and O–H groups in total. The van der Waals surface area contributed by atoms with Crippen LogP contribution in [0.1, 0.15) is 17.5 Å². The van der Waals surface area contributed by atoms with E-state index in [-0.39, 0.29) is 0 Å². The topological polar surface area (TPSA) is 32.6 Å². The van der Waals surface area contributed by atoms with Gasteiger partial charge in [-0.25, -0.2) is 0 Å². The molecular formula is C13H11NO. The molecule has 15 heavy (non-hydrogen) atoms. The van der Waals surface area contributed by atoms with Crippen LogP contribution in [-0.4, -0.2) is 11.3 Å². The quantitative estimate of drug-likeness (QED) is 0.737. The van der Waals surface area contributed by atoms with Gasteiger partial charge in [-0.3, -0.25) is 4.99 Å². The number of aliphatic imine (C=N–C) groups is 1. The normalized spacial score (nSPS) is 18.3. The molecule has 74 valence electrons. The third kappa shape index (κ3) is 1.22. The van der Waals surface area contributed by atoms with Crippen LogP contribution in [0.4, 0.5) is 0 Å². The first kappa shape index (κ1) is 8.48. The predicted molar refractivity (Wildman–Crippen MR) is 60.9 cm³/mol. The number of hydrogen-bond donors (Lipinski definition) is 1. The number of aliphatic hydroxyl groups excluding tert-OH is 1. The molecule has 0 spiro atoms. The number of rotatable bonds is 1. The van der Waals surface area contributed by atoms with Crippen molar-refractivity contribution in [2.24, 2.45) is 4.99 Å². The molecule has 2 aliphatic rings. The van der Waals surface area contributed by atoms with Crippen molar-refractivity contribution in [2.45, 2.75) is 12.8 Å². The first-order valence-electron chi connectivity index (χ1n) is 5.07. The van der Waals surface area contributed by atoms with Crippen LogP contribution in [0.5, 0.6) is 0 Å². The van der Waals surface area contributed by atoms with Crippen molar-refractivity contribution in [1.82, 2.24) is 0 Å². The van der Waals surface area contributed by atoms with E-state index in [1.54, 1.807) is 0 Å². The standard InChI is InChI=1S/C13H11NO/c15-13-11-4-2-1-3-9(11)7-12(13)10-5-6-14-8-10/h1-4,6,8,15H,5,7H2. The maximum absolute atomic E-state index is 10.1. The van der Waals surface area contributed by atoms with Gasteiger partial charge in [0.2, 0.25) is 0 Å². The molecule has 0 atom stereocenters. The number of aliphatic hydroxyl groups is 1. The van der Waals surface area contributed by atoms with Gasteiger partial charge in [-0.05, 0) is 11.1 Å².